The normalized spacial score (nSPS) is 19.5. The second-order valence-corrected chi connectivity index (χ2v) is 4.45. The lowest BCUT2D eigenvalue weighted by Crippen LogP contribution is -2.16. The van der Waals surface area contributed by atoms with E-state index in [1.165, 1.54) is 0 Å². The molecule has 0 radical (unpaired) electrons. The Morgan fingerprint density at radius 1 is 1.29 bits per heavy atom. The van der Waals surface area contributed by atoms with Crippen LogP contribution < -0.4 is 0 Å². The quantitative estimate of drug-likeness (QED) is 0.867. The van der Waals surface area contributed by atoms with Crippen LogP contribution in [0.25, 0.3) is 0 Å². The Bertz CT molecular complexity index is 386. The third-order valence-electron chi connectivity index (χ3n) is 3.32. The summed E-state index contributed by atoms with van der Waals surface area (Å²) in [5.41, 5.74) is -0.862. The molecule has 1 unspecified atom stereocenters. The number of hydrogen-bond donors (Lipinski definition) is 1. The molecular weight excluding hydrogens is 231 g/mol. The first kappa shape index (κ1) is 12.4. The predicted molar refractivity (Wildman–Crippen MR) is 56.2 cm³/mol. The summed E-state index contributed by atoms with van der Waals surface area (Å²) in [5.74, 6) is -0.0692. The zero-order valence-corrected chi connectivity index (χ0v) is 9.24. The van der Waals surface area contributed by atoms with Crippen molar-refractivity contribution in [3.63, 3.8) is 0 Å². The van der Waals surface area contributed by atoms with Crippen molar-refractivity contribution in [3.8, 4) is 0 Å². The molecule has 94 valence electrons. The molecule has 1 N–H and O–H groups in total. The average molecular weight is 245 g/mol. The molecule has 0 spiro atoms. The average Bonchev–Trinajstić information content (AvgIpc) is 2.80. The van der Waals surface area contributed by atoms with E-state index in [4.69, 9.17) is 0 Å². The number of rotatable bonds is 2. The highest BCUT2D eigenvalue weighted by molar-refractivity contribution is 5.28. The summed E-state index contributed by atoms with van der Waals surface area (Å²) in [6.45, 7) is 0. The SMILES string of the molecule is OC(c1cnccc1C(F)(F)F)C1CCCC1. The van der Waals surface area contributed by atoms with Crippen molar-refractivity contribution < 1.29 is 18.3 Å². The van der Waals surface area contributed by atoms with Crippen LogP contribution in [-0.2, 0) is 6.18 Å². The number of halogens is 3. The fraction of sp³-hybridized carbons (Fsp3) is 0.583. The summed E-state index contributed by atoms with van der Waals surface area (Å²) < 4.78 is 38.3. The number of pyridine rings is 1. The standard InChI is InChI=1S/C12H14F3NO/c13-12(14,15)10-5-6-16-7-9(10)11(17)8-3-1-2-4-8/h5-8,11,17H,1-4H2. The van der Waals surface area contributed by atoms with Crippen LogP contribution in [0.3, 0.4) is 0 Å². The van der Waals surface area contributed by atoms with Crippen molar-refractivity contribution in [3.05, 3.63) is 29.6 Å². The van der Waals surface area contributed by atoms with Gasteiger partial charge >= 0.3 is 6.18 Å². The van der Waals surface area contributed by atoms with Gasteiger partial charge in [0.2, 0.25) is 0 Å². The van der Waals surface area contributed by atoms with Crippen molar-refractivity contribution in [1.82, 2.24) is 4.98 Å². The summed E-state index contributed by atoms with van der Waals surface area (Å²) in [5, 5.41) is 10.0. The molecule has 5 heteroatoms. The maximum atomic E-state index is 12.8. The molecule has 1 aliphatic rings. The third kappa shape index (κ3) is 2.60. The molecule has 0 amide bonds. The fourth-order valence-corrected chi connectivity index (χ4v) is 2.43. The molecule has 1 saturated carbocycles. The van der Waals surface area contributed by atoms with E-state index < -0.39 is 17.8 Å². The van der Waals surface area contributed by atoms with Crippen LogP contribution in [0.4, 0.5) is 13.2 Å². The first-order valence-electron chi connectivity index (χ1n) is 5.69. The maximum absolute atomic E-state index is 12.8. The molecule has 1 aliphatic carbocycles. The van der Waals surface area contributed by atoms with E-state index in [9.17, 15) is 18.3 Å². The number of nitrogens with zero attached hydrogens (tertiary/aromatic N) is 1. The summed E-state index contributed by atoms with van der Waals surface area (Å²) in [6.07, 6.45) is 0.271. The Morgan fingerprint density at radius 2 is 1.94 bits per heavy atom. The van der Waals surface area contributed by atoms with Crippen LogP contribution in [0.2, 0.25) is 0 Å². The molecule has 1 heterocycles. The molecule has 17 heavy (non-hydrogen) atoms. The van der Waals surface area contributed by atoms with E-state index in [0.717, 1.165) is 44.1 Å². The van der Waals surface area contributed by atoms with Crippen molar-refractivity contribution in [1.29, 1.82) is 0 Å². The van der Waals surface area contributed by atoms with Crippen molar-refractivity contribution in [2.75, 3.05) is 0 Å². The van der Waals surface area contributed by atoms with Crippen molar-refractivity contribution in [2.45, 2.75) is 38.0 Å². The van der Waals surface area contributed by atoms with Gasteiger partial charge in [-0.25, -0.2) is 0 Å². The molecule has 0 aromatic carbocycles. The van der Waals surface area contributed by atoms with Crippen molar-refractivity contribution in [2.24, 2.45) is 5.92 Å². The number of aliphatic hydroxyl groups excluding tert-OH is 1. The highest BCUT2D eigenvalue weighted by Gasteiger charge is 2.37. The molecule has 1 aromatic rings. The van der Waals surface area contributed by atoms with Gasteiger partial charge in [-0.15, -0.1) is 0 Å². The Morgan fingerprint density at radius 3 is 2.53 bits per heavy atom. The number of alkyl halides is 3. The molecule has 2 rings (SSSR count). The highest BCUT2D eigenvalue weighted by atomic mass is 19.4. The second-order valence-electron chi connectivity index (χ2n) is 4.45. The van der Waals surface area contributed by atoms with Crippen LogP contribution >= 0.6 is 0 Å². The largest absolute Gasteiger partial charge is 0.416 e. The van der Waals surface area contributed by atoms with Crippen LogP contribution in [0, 0.1) is 5.92 Å². The zero-order chi connectivity index (χ0) is 12.5. The molecule has 1 fully saturated rings. The van der Waals surface area contributed by atoms with Crippen LogP contribution in [0.5, 0.6) is 0 Å². The molecule has 1 aromatic heterocycles. The van der Waals surface area contributed by atoms with Crippen LogP contribution in [0.15, 0.2) is 18.5 Å². The minimum Gasteiger partial charge on any atom is -0.388 e. The van der Waals surface area contributed by atoms with Gasteiger partial charge in [0, 0.05) is 18.0 Å². The van der Waals surface area contributed by atoms with E-state index in [1.54, 1.807) is 0 Å². The van der Waals surface area contributed by atoms with E-state index >= 15 is 0 Å². The Labute approximate surface area is 97.5 Å². The number of hydrogen-bond acceptors (Lipinski definition) is 2. The lowest BCUT2D eigenvalue weighted by Gasteiger charge is -2.21. The van der Waals surface area contributed by atoms with Gasteiger partial charge in [-0.2, -0.15) is 13.2 Å². The van der Waals surface area contributed by atoms with Gasteiger partial charge in [0.15, 0.2) is 0 Å². The van der Waals surface area contributed by atoms with Gasteiger partial charge in [0.1, 0.15) is 0 Å². The van der Waals surface area contributed by atoms with E-state index in [0.29, 0.717) is 0 Å². The minimum atomic E-state index is -4.43. The van der Waals surface area contributed by atoms with Crippen LogP contribution in [-0.4, -0.2) is 10.1 Å². The molecular formula is C12H14F3NO. The Balaban J connectivity index is 2.31. The number of aliphatic hydroxyl groups is 1. The van der Waals surface area contributed by atoms with Gasteiger partial charge in [-0.1, -0.05) is 12.8 Å². The minimum absolute atomic E-state index is 0.0692. The number of aromatic nitrogens is 1. The monoisotopic (exact) mass is 245 g/mol. The molecule has 0 aliphatic heterocycles. The predicted octanol–water partition coefficient (Wildman–Crippen LogP) is 3.32. The fourth-order valence-electron chi connectivity index (χ4n) is 2.43. The van der Waals surface area contributed by atoms with Gasteiger partial charge in [0.05, 0.1) is 11.7 Å². The second kappa shape index (κ2) is 4.64. The van der Waals surface area contributed by atoms with Crippen molar-refractivity contribution >= 4 is 0 Å². The zero-order valence-electron chi connectivity index (χ0n) is 9.24. The van der Waals surface area contributed by atoms with Gasteiger partial charge in [-0.05, 0) is 24.8 Å². The Kier molecular flexibility index (Phi) is 3.38. The first-order chi connectivity index (χ1) is 8.00. The van der Waals surface area contributed by atoms with Gasteiger partial charge < -0.3 is 5.11 Å². The third-order valence-corrected chi connectivity index (χ3v) is 3.32. The highest BCUT2D eigenvalue weighted by Crippen LogP contribution is 2.40. The Hall–Kier alpha value is -1.10. The maximum Gasteiger partial charge on any atom is 0.416 e. The van der Waals surface area contributed by atoms with Crippen LogP contribution in [0.1, 0.15) is 42.9 Å². The molecule has 0 saturated heterocycles. The smallest absolute Gasteiger partial charge is 0.388 e. The summed E-state index contributed by atoms with van der Waals surface area (Å²) in [6, 6.07) is 0.924. The molecule has 0 bridgehead atoms. The first-order valence-corrected chi connectivity index (χ1v) is 5.69. The summed E-state index contributed by atoms with van der Waals surface area (Å²) >= 11 is 0. The lowest BCUT2D eigenvalue weighted by atomic mass is 9.92. The molecule has 1 atom stereocenters. The van der Waals surface area contributed by atoms with E-state index in [-0.39, 0.29) is 11.5 Å². The van der Waals surface area contributed by atoms with Gasteiger partial charge in [0.25, 0.3) is 0 Å². The van der Waals surface area contributed by atoms with E-state index in [2.05, 4.69) is 4.98 Å². The topological polar surface area (TPSA) is 33.1 Å². The summed E-state index contributed by atoms with van der Waals surface area (Å²) in [7, 11) is 0. The van der Waals surface area contributed by atoms with Gasteiger partial charge in [-0.3, -0.25) is 4.98 Å². The molecule has 2 nitrogen and oxygen atoms in total. The van der Waals surface area contributed by atoms with E-state index in [1.807, 2.05) is 0 Å². The summed E-state index contributed by atoms with van der Waals surface area (Å²) in [4.78, 5) is 3.69. The lowest BCUT2D eigenvalue weighted by molar-refractivity contribution is -0.139.